The molecule has 0 spiro atoms. The van der Waals surface area contributed by atoms with Crippen molar-refractivity contribution in [2.45, 2.75) is 0 Å². The van der Waals surface area contributed by atoms with Gasteiger partial charge in [0.2, 0.25) is 19.2 Å². The largest absolute Gasteiger partial charge is 0.290 e. The average Bonchev–Trinajstić information content (AvgIpc) is 3.25. The molecule has 0 unspecified atom stereocenters. The summed E-state index contributed by atoms with van der Waals surface area (Å²) in [4.78, 5) is 11.7. The van der Waals surface area contributed by atoms with E-state index in [0.29, 0.717) is 5.56 Å². The predicted octanol–water partition coefficient (Wildman–Crippen LogP) is 9.51. The summed E-state index contributed by atoms with van der Waals surface area (Å²) in [6, 6.07) is 8.18. The first-order valence-corrected chi connectivity index (χ1v) is 18.2. The maximum absolute atomic E-state index is 15.4. The lowest BCUT2D eigenvalue weighted by Gasteiger charge is -2.44. The van der Waals surface area contributed by atoms with Crippen molar-refractivity contribution in [2.24, 2.45) is 0 Å². The summed E-state index contributed by atoms with van der Waals surface area (Å²) in [7, 11) is -3.01. The van der Waals surface area contributed by atoms with Gasteiger partial charge in [-0.15, -0.1) is 21.9 Å². The zero-order valence-corrected chi connectivity index (χ0v) is 29.7. The Hall–Kier alpha value is -5.35. The molecular formula is C35H13BF23OP. The van der Waals surface area contributed by atoms with Crippen LogP contribution in [0.25, 0.3) is 0 Å². The number of ketones is 1. The highest BCUT2D eigenvalue weighted by atomic mass is 31.2. The number of hydrogen-bond donors (Lipinski definition) is 0. The highest BCUT2D eigenvalue weighted by Gasteiger charge is 2.52. The Morgan fingerprint density at radius 2 is 0.541 bits per heavy atom. The fraction of sp³-hybridized carbons (Fsp3) is 0.114. The van der Waals surface area contributed by atoms with E-state index in [1.165, 1.54) is 0 Å². The summed E-state index contributed by atoms with van der Waals surface area (Å²) >= 11 is 0. The third-order valence-corrected chi connectivity index (χ3v) is 11.5. The first-order chi connectivity index (χ1) is 28.4. The van der Waals surface area contributed by atoms with Gasteiger partial charge in [-0.2, -0.15) is 0 Å². The fourth-order valence-corrected chi connectivity index (χ4v) is 7.35. The maximum atomic E-state index is 15.4. The van der Waals surface area contributed by atoms with Crippen molar-refractivity contribution in [3.05, 3.63) is 152 Å². The van der Waals surface area contributed by atoms with Gasteiger partial charge in [-0.3, -0.25) is 4.79 Å². The lowest BCUT2D eigenvalue weighted by Crippen LogP contribution is -2.81. The standard InChI is InChI=1S/C24BF20.C11H13F3OP/c26-5-1(6(27)14(35)21(42)13(5)34)25(2-7(28)15(36)22(43)16(37)8(2)29,3-9(30)17(38)23(44)18(39)10(3)31)4-11(32)19(40)24(45)20(41)12(4)33;12-7-16(8-13,9-14)6-11(15)10-4-2-1-3-5-10/h;1-5H,6-9H2/q-1;+1. The quantitative estimate of drug-likeness (QED) is 0.0341. The van der Waals surface area contributed by atoms with Crippen LogP contribution in [-0.2, 0) is 0 Å². The van der Waals surface area contributed by atoms with Crippen LogP contribution < -0.4 is 21.9 Å². The summed E-state index contributed by atoms with van der Waals surface area (Å²) in [5, 5.41) is 0. The van der Waals surface area contributed by atoms with Crippen molar-refractivity contribution in [1.29, 1.82) is 0 Å². The molecule has 0 saturated carbocycles. The lowest BCUT2D eigenvalue weighted by atomic mass is 9.12. The molecule has 0 heterocycles. The van der Waals surface area contributed by atoms with E-state index in [2.05, 4.69) is 0 Å². The lowest BCUT2D eigenvalue weighted by molar-refractivity contribution is 0.101. The van der Waals surface area contributed by atoms with Crippen LogP contribution in [0.2, 0.25) is 0 Å². The van der Waals surface area contributed by atoms with Crippen LogP contribution in [-0.4, -0.2) is 37.3 Å². The normalized spacial score (nSPS) is 11.9. The van der Waals surface area contributed by atoms with Crippen molar-refractivity contribution in [3.63, 3.8) is 0 Å². The number of carbonyl (C=O) groups excluding carboxylic acids is 1. The van der Waals surface area contributed by atoms with Gasteiger partial charge in [0.25, 0.3) is 0 Å². The molecule has 1 nitrogen and oxygen atoms in total. The highest BCUT2D eigenvalue weighted by Crippen LogP contribution is 2.59. The van der Waals surface area contributed by atoms with Gasteiger partial charge in [-0.05, 0) is 0 Å². The Balaban J connectivity index is 0.000000430. The molecule has 0 aromatic heterocycles. The van der Waals surface area contributed by atoms with Crippen molar-refractivity contribution < 1.29 is 106 Å². The van der Waals surface area contributed by atoms with Gasteiger partial charge in [0.05, 0.1) is 0 Å². The summed E-state index contributed by atoms with van der Waals surface area (Å²) < 4.78 is 332. The van der Waals surface area contributed by atoms with Gasteiger partial charge in [-0.25, -0.2) is 101 Å². The summed E-state index contributed by atoms with van der Waals surface area (Å²) in [6.45, 7) is 0. The Morgan fingerprint density at radius 3 is 0.738 bits per heavy atom. The van der Waals surface area contributed by atoms with E-state index < -0.39 is 171 Å². The van der Waals surface area contributed by atoms with Gasteiger partial charge in [0.1, 0.15) is 66.1 Å². The number of rotatable bonds is 10. The number of halogens is 23. The smallest absolute Gasteiger partial charge is 0.201 e. The molecule has 0 aliphatic heterocycles. The van der Waals surface area contributed by atoms with E-state index in [1.807, 2.05) is 0 Å². The topological polar surface area (TPSA) is 17.1 Å². The van der Waals surface area contributed by atoms with E-state index >= 15 is 35.1 Å². The zero-order valence-electron chi connectivity index (χ0n) is 28.8. The summed E-state index contributed by atoms with van der Waals surface area (Å²) in [5.41, 5.74) is -14.0. The van der Waals surface area contributed by atoms with Crippen LogP contribution in [0.15, 0.2) is 30.3 Å². The van der Waals surface area contributed by atoms with Gasteiger partial charge in [0, 0.05) is 5.56 Å². The molecule has 0 aliphatic rings. The molecule has 0 amide bonds. The van der Waals surface area contributed by atoms with E-state index in [-0.39, 0.29) is 11.9 Å². The Bertz CT molecular complexity index is 2160. The number of alkyl halides is 3. The van der Waals surface area contributed by atoms with Crippen LogP contribution >= 0.6 is 7.26 Å². The molecule has 5 rings (SSSR count). The molecule has 0 bridgehead atoms. The maximum Gasteiger partial charge on any atom is 0.201 e. The molecule has 61 heavy (non-hydrogen) atoms. The minimum Gasteiger partial charge on any atom is -0.290 e. The molecule has 328 valence electrons. The molecule has 5 aromatic carbocycles. The second-order valence-electron chi connectivity index (χ2n) is 12.4. The third-order valence-electron chi connectivity index (χ3n) is 9.04. The third kappa shape index (κ3) is 7.66. The SMILES string of the molecule is Fc1c(F)c(F)c([B-](c2c(F)c(F)c(F)c(F)c2F)(c2c(F)c(F)c(F)c(F)c2F)c2c(F)c(F)c(F)c(F)c2F)c(F)c1F.O=C(C[P+](CF)(CF)CF)c1ccccc1. The van der Waals surface area contributed by atoms with Gasteiger partial charge < -0.3 is 0 Å². The minimum atomic E-state index is -7.22. The first-order valence-electron chi connectivity index (χ1n) is 15.7. The Labute approximate surface area is 324 Å². The molecule has 5 aromatic rings. The van der Waals surface area contributed by atoms with Crippen LogP contribution in [0, 0.1) is 116 Å². The Kier molecular flexibility index (Phi) is 14.2. The van der Waals surface area contributed by atoms with Crippen LogP contribution in [0.5, 0.6) is 0 Å². The summed E-state index contributed by atoms with van der Waals surface area (Å²) in [5.74, 6) is -71.8. The zero-order chi connectivity index (χ0) is 46.4. The van der Waals surface area contributed by atoms with Crippen molar-refractivity contribution >= 4 is 41.0 Å². The average molecular weight is 928 g/mol. The molecule has 0 N–H and O–H groups in total. The second-order valence-corrected chi connectivity index (χ2v) is 16.2. The molecule has 26 heteroatoms. The molecule has 0 aliphatic carbocycles. The molecule has 0 fully saturated rings. The van der Waals surface area contributed by atoms with E-state index in [0.717, 1.165) is 0 Å². The number of benzene rings is 5. The van der Waals surface area contributed by atoms with Gasteiger partial charge in [0.15, 0.2) is 75.6 Å². The fourth-order valence-electron chi connectivity index (χ4n) is 6.12. The predicted molar refractivity (Wildman–Crippen MR) is 170 cm³/mol. The van der Waals surface area contributed by atoms with Gasteiger partial charge in [-0.1, -0.05) is 30.3 Å². The van der Waals surface area contributed by atoms with Crippen molar-refractivity contribution in [2.75, 3.05) is 25.4 Å². The summed E-state index contributed by atoms with van der Waals surface area (Å²) in [6.07, 6.45) is -10.7. The van der Waals surface area contributed by atoms with Crippen molar-refractivity contribution in [3.8, 4) is 0 Å². The number of carbonyl (C=O) groups is 1. The first kappa shape index (κ1) is 48.3. The molecule has 0 atom stereocenters. The molecule has 0 radical (unpaired) electrons. The Morgan fingerprint density at radius 1 is 0.344 bits per heavy atom. The highest BCUT2D eigenvalue weighted by molar-refractivity contribution is 7.76. The van der Waals surface area contributed by atoms with E-state index in [9.17, 15) is 70.7 Å². The second kappa shape index (κ2) is 17.9. The monoisotopic (exact) mass is 928 g/mol. The van der Waals surface area contributed by atoms with Crippen molar-refractivity contribution in [1.82, 2.24) is 0 Å². The number of hydrogen-bond acceptors (Lipinski definition) is 1. The minimum absolute atomic E-state index is 0.333. The van der Waals surface area contributed by atoms with E-state index in [1.54, 1.807) is 30.3 Å². The molecule has 0 saturated heterocycles. The van der Waals surface area contributed by atoms with Crippen LogP contribution in [0.3, 0.4) is 0 Å². The van der Waals surface area contributed by atoms with Crippen LogP contribution in [0.1, 0.15) is 10.4 Å². The number of Topliss-reactive ketones (excluding diaryl/α,β-unsaturated/α-hetero) is 1. The van der Waals surface area contributed by atoms with Gasteiger partial charge >= 0.3 is 0 Å². The molecular weight excluding hydrogens is 915 g/mol. The van der Waals surface area contributed by atoms with Crippen LogP contribution in [0.4, 0.5) is 101 Å². The van der Waals surface area contributed by atoms with E-state index in [4.69, 9.17) is 0 Å².